The summed E-state index contributed by atoms with van der Waals surface area (Å²) in [6.07, 6.45) is 0.932. The first-order chi connectivity index (χ1) is 9.99. The lowest BCUT2D eigenvalue weighted by atomic mass is 9.90. The van der Waals surface area contributed by atoms with E-state index in [1.165, 1.54) is 0 Å². The van der Waals surface area contributed by atoms with Gasteiger partial charge in [-0.05, 0) is 18.6 Å². The lowest BCUT2D eigenvalue weighted by Gasteiger charge is -2.21. The molecule has 0 aliphatic carbocycles. The Hall–Kier alpha value is -2.35. The summed E-state index contributed by atoms with van der Waals surface area (Å²) in [5.74, 6) is 0.749. The van der Waals surface area contributed by atoms with Crippen LogP contribution in [0.3, 0.4) is 0 Å². The number of aromatic nitrogens is 3. The molecule has 1 aromatic heterocycles. The van der Waals surface area contributed by atoms with E-state index in [-0.39, 0.29) is 5.41 Å². The minimum atomic E-state index is -0.244. The van der Waals surface area contributed by atoms with Gasteiger partial charge in [0, 0.05) is 5.41 Å². The number of rotatable bonds is 4. The molecule has 2 rings (SSSR count). The molecule has 0 aliphatic rings. The summed E-state index contributed by atoms with van der Waals surface area (Å²) >= 11 is 0. The summed E-state index contributed by atoms with van der Waals surface area (Å²) in [6, 6.07) is 9.80. The molecule has 2 aromatic rings. The predicted molar refractivity (Wildman–Crippen MR) is 80.6 cm³/mol. The molecular formula is C16H20N4O. The zero-order valence-corrected chi connectivity index (χ0v) is 12.9. The highest BCUT2D eigenvalue weighted by Gasteiger charge is 2.27. The van der Waals surface area contributed by atoms with Crippen molar-refractivity contribution in [3.8, 4) is 17.5 Å². The van der Waals surface area contributed by atoms with Crippen molar-refractivity contribution in [1.82, 2.24) is 15.0 Å². The smallest absolute Gasteiger partial charge is 0.186 e. The van der Waals surface area contributed by atoms with Crippen molar-refractivity contribution in [1.29, 1.82) is 5.26 Å². The lowest BCUT2D eigenvalue weighted by molar-refractivity contribution is 0.315. The van der Waals surface area contributed by atoms with Crippen LogP contribution in [0.25, 0.3) is 5.69 Å². The highest BCUT2D eigenvalue weighted by molar-refractivity contribution is 5.49. The second-order valence-electron chi connectivity index (χ2n) is 5.88. The summed E-state index contributed by atoms with van der Waals surface area (Å²) in [5.41, 5.74) is 1.71. The van der Waals surface area contributed by atoms with Crippen LogP contribution >= 0.6 is 0 Å². The molecular weight excluding hydrogens is 264 g/mol. The third-order valence-corrected chi connectivity index (χ3v) is 3.04. The van der Waals surface area contributed by atoms with Crippen LogP contribution in [0.2, 0.25) is 0 Å². The van der Waals surface area contributed by atoms with Gasteiger partial charge in [0.2, 0.25) is 0 Å². The minimum absolute atomic E-state index is 0.244. The van der Waals surface area contributed by atoms with Crippen molar-refractivity contribution < 1.29 is 4.74 Å². The molecule has 5 nitrogen and oxygen atoms in total. The topological polar surface area (TPSA) is 63.7 Å². The van der Waals surface area contributed by atoms with Crippen LogP contribution in [0.15, 0.2) is 24.3 Å². The third-order valence-electron chi connectivity index (χ3n) is 3.04. The molecule has 0 saturated heterocycles. The zero-order chi connectivity index (χ0) is 15.5. The maximum atomic E-state index is 9.26. The van der Waals surface area contributed by atoms with Gasteiger partial charge in [0.15, 0.2) is 5.69 Å². The number of nitriles is 1. The Labute approximate surface area is 125 Å². The number of nitrogens with zero attached hydrogens (tertiary/aromatic N) is 4. The fourth-order valence-corrected chi connectivity index (χ4v) is 2.16. The monoisotopic (exact) mass is 284 g/mol. The summed E-state index contributed by atoms with van der Waals surface area (Å²) in [7, 11) is 0. The standard InChI is InChI=1S/C16H20N4O/c1-5-10-21-14-9-7-6-8-13(14)20-15(16(2,3)4)12(11-17)18-19-20/h6-9H,5,10H2,1-4H3. The van der Waals surface area contributed by atoms with E-state index in [0.29, 0.717) is 12.3 Å². The van der Waals surface area contributed by atoms with Crippen LogP contribution in [0, 0.1) is 11.3 Å². The number of hydrogen-bond donors (Lipinski definition) is 0. The molecule has 0 fully saturated rings. The van der Waals surface area contributed by atoms with Gasteiger partial charge in [-0.15, -0.1) is 5.10 Å². The molecule has 5 heteroatoms. The van der Waals surface area contributed by atoms with Crippen molar-refractivity contribution in [2.75, 3.05) is 6.61 Å². The average Bonchev–Trinajstić information content (AvgIpc) is 2.89. The highest BCUT2D eigenvalue weighted by atomic mass is 16.5. The molecule has 0 atom stereocenters. The molecule has 0 N–H and O–H groups in total. The molecule has 110 valence electrons. The third kappa shape index (κ3) is 3.05. The summed E-state index contributed by atoms with van der Waals surface area (Å²) in [5, 5.41) is 17.4. The second kappa shape index (κ2) is 5.96. The molecule has 21 heavy (non-hydrogen) atoms. The van der Waals surface area contributed by atoms with E-state index in [0.717, 1.165) is 23.6 Å². The molecule has 0 bridgehead atoms. The van der Waals surface area contributed by atoms with E-state index in [9.17, 15) is 5.26 Å². The van der Waals surface area contributed by atoms with Crippen LogP contribution in [-0.2, 0) is 5.41 Å². The van der Waals surface area contributed by atoms with Crippen molar-refractivity contribution in [3.63, 3.8) is 0 Å². The first-order valence-corrected chi connectivity index (χ1v) is 7.07. The Kier molecular flexibility index (Phi) is 4.27. The Morgan fingerprint density at radius 1 is 1.29 bits per heavy atom. The molecule has 0 aliphatic heterocycles. The molecule has 1 aromatic carbocycles. The fraction of sp³-hybridized carbons (Fsp3) is 0.438. The molecule has 0 amide bonds. The Balaban J connectivity index is 2.58. The summed E-state index contributed by atoms with van der Waals surface area (Å²) in [6.45, 7) is 8.82. The summed E-state index contributed by atoms with van der Waals surface area (Å²) in [4.78, 5) is 0. The van der Waals surface area contributed by atoms with Gasteiger partial charge in [-0.2, -0.15) is 5.26 Å². The Morgan fingerprint density at radius 2 is 2.00 bits per heavy atom. The first kappa shape index (κ1) is 15.0. The highest BCUT2D eigenvalue weighted by Crippen LogP contribution is 2.30. The maximum absolute atomic E-state index is 9.26. The van der Waals surface area contributed by atoms with Gasteiger partial charge in [0.05, 0.1) is 12.3 Å². The van der Waals surface area contributed by atoms with Gasteiger partial charge in [-0.1, -0.05) is 45.0 Å². The number of ether oxygens (including phenoxy) is 1. The zero-order valence-electron chi connectivity index (χ0n) is 12.9. The maximum Gasteiger partial charge on any atom is 0.186 e. The van der Waals surface area contributed by atoms with Gasteiger partial charge in [0.25, 0.3) is 0 Å². The van der Waals surface area contributed by atoms with Crippen molar-refractivity contribution in [2.45, 2.75) is 39.5 Å². The largest absolute Gasteiger partial charge is 0.491 e. The van der Waals surface area contributed by atoms with Crippen LogP contribution in [0.4, 0.5) is 0 Å². The molecule has 0 radical (unpaired) electrons. The summed E-state index contributed by atoms with van der Waals surface area (Å²) < 4.78 is 7.49. The number of para-hydroxylation sites is 2. The molecule has 0 spiro atoms. The van der Waals surface area contributed by atoms with Crippen molar-refractivity contribution >= 4 is 0 Å². The first-order valence-electron chi connectivity index (χ1n) is 7.07. The van der Waals surface area contributed by atoms with Crippen molar-refractivity contribution in [3.05, 3.63) is 35.7 Å². The second-order valence-corrected chi connectivity index (χ2v) is 5.88. The fourth-order valence-electron chi connectivity index (χ4n) is 2.16. The van der Waals surface area contributed by atoms with Gasteiger partial charge in [-0.3, -0.25) is 0 Å². The number of benzene rings is 1. The molecule has 0 saturated carbocycles. The SMILES string of the molecule is CCCOc1ccccc1-n1nnc(C#N)c1C(C)(C)C. The van der Waals surface area contributed by atoms with Gasteiger partial charge >= 0.3 is 0 Å². The Bertz CT molecular complexity index is 662. The van der Waals surface area contributed by atoms with E-state index in [2.05, 4.69) is 23.3 Å². The van der Waals surface area contributed by atoms with Gasteiger partial charge in [-0.25, -0.2) is 4.68 Å². The minimum Gasteiger partial charge on any atom is -0.491 e. The number of hydrogen-bond acceptors (Lipinski definition) is 4. The molecule has 1 heterocycles. The van der Waals surface area contributed by atoms with Crippen LogP contribution in [0.1, 0.15) is 45.5 Å². The Morgan fingerprint density at radius 3 is 2.62 bits per heavy atom. The van der Waals surface area contributed by atoms with Gasteiger partial charge < -0.3 is 4.74 Å². The molecule has 0 unspecified atom stereocenters. The van der Waals surface area contributed by atoms with E-state index in [1.54, 1.807) is 4.68 Å². The van der Waals surface area contributed by atoms with E-state index in [1.807, 2.05) is 45.0 Å². The van der Waals surface area contributed by atoms with E-state index >= 15 is 0 Å². The van der Waals surface area contributed by atoms with Crippen LogP contribution in [-0.4, -0.2) is 21.6 Å². The van der Waals surface area contributed by atoms with E-state index in [4.69, 9.17) is 4.74 Å². The van der Waals surface area contributed by atoms with Gasteiger partial charge in [0.1, 0.15) is 17.5 Å². The quantitative estimate of drug-likeness (QED) is 0.864. The van der Waals surface area contributed by atoms with Crippen LogP contribution < -0.4 is 4.74 Å². The average molecular weight is 284 g/mol. The lowest BCUT2D eigenvalue weighted by Crippen LogP contribution is -2.19. The van der Waals surface area contributed by atoms with E-state index < -0.39 is 0 Å². The van der Waals surface area contributed by atoms with Crippen LogP contribution in [0.5, 0.6) is 5.75 Å². The predicted octanol–water partition coefficient (Wildman–Crippen LogP) is 3.23. The van der Waals surface area contributed by atoms with Crippen molar-refractivity contribution in [2.24, 2.45) is 0 Å². The normalized spacial score (nSPS) is 11.2.